The summed E-state index contributed by atoms with van der Waals surface area (Å²) in [5.74, 6) is -0.243. The highest BCUT2D eigenvalue weighted by molar-refractivity contribution is 7.13. The quantitative estimate of drug-likeness (QED) is 0.833. The molecule has 0 bridgehead atoms. The van der Waals surface area contributed by atoms with Gasteiger partial charge in [-0.2, -0.15) is 4.98 Å². The molecule has 2 heterocycles. The van der Waals surface area contributed by atoms with Crippen LogP contribution in [0.5, 0.6) is 0 Å². The number of aromatic nitrogens is 2. The van der Waals surface area contributed by atoms with Crippen molar-refractivity contribution in [3.8, 4) is 10.7 Å². The molecule has 0 spiro atoms. The molecule has 2 aromatic rings. The molecule has 0 unspecified atom stereocenters. The van der Waals surface area contributed by atoms with Gasteiger partial charge in [0.1, 0.15) is 5.54 Å². The molecule has 1 amide bonds. The van der Waals surface area contributed by atoms with E-state index >= 15 is 0 Å². The van der Waals surface area contributed by atoms with Crippen LogP contribution in [-0.2, 0) is 16.0 Å². The predicted molar refractivity (Wildman–Crippen MR) is 85.0 cm³/mol. The number of thiophene rings is 1. The van der Waals surface area contributed by atoms with Crippen molar-refractivity contribution in [1.82, 2.24) is 15.0 Å². The molecular weight excluding hydrogens is 318 g/mol. The molecule has 0 aliphatic heterocycles. The van der Waals surface area contributed by atoms with E-state index in [-0.39, 0.29) is 12.3 Å². The Hall–Kier alpha value is -2.22. The Morgan fingerprint density at radius 1 is 1.43 bits per heavy atom. The second-order valence-corrected chi connectivity index (χ2v) is 6.61. The van der Waals surface area contributed by atoms with E-state index in [0.717, 1.165) is 4.88 Å². The van der Waals surface area contributed by atoms with Crippen LogP contribution in [0, 0.1) is 0 Å². The number of rotatable bonds is 7. The average molecular weight is 337 g/mol. The first-order valence-corrected chi connectivity index (χ1v) is 8.07. The smallest absolute Gasteiger partial charge is 0.329 e. The molecule has 124 valence electrons. The van der Waals surface area contributed by atoms with Crippen molar-refractivity contribution in [2.24, 2.45) is 0 Å². The Morgan fingerprint density at radius 3 is 2.78 bits per heavy atom. The zero-order valence-corrected chi connectivity index (χ0v) is 14.1. The Bertz CT molecular complexity index is 679. The fourth-order valence-corrected chi connectivity index (χ4v) is 2.53. The van der Waals surface area contributed by atoms with Crippen LogP contribution in [0.2, 0.25) is 0 Å². The number of aliphatic carboxylic acids is 1. The Kier molecular flexibility index (Phi) is 5.15. The van der Waals surface area contributed by atoms with E-state index in [4.69, 9.17) is 9.63 Å². The summed E-state index contributed by atoms with van der Waals surface area (Å²) in [4.78, 5) is 29.7. The zero-order chi connectivity index (χ0) is 17.0. The summed E-state index contributed by atoms with van der Waals surface area (Å²) in [6, 6.07) is 3.82. The standard InChI is InChI=1S/C15H19N3O4S/c1-15(2,14(20)21)18(3)12(19)8-4-7-11-16-13(17-22-11)10-6-5-9-23-10/h5-6,9H,4,7-8H2,1-3H3,(H,20,21). The Balaban J connectivity index is 1.85. The molecule has 0 atom stereocenters. The van der Waals surface area contributed by atoms with Gasteiger partial charge in [-0.15, -0.1) is 11.3 Å². The Morgan fingerprint density at radius 2 is 2.17 bits per heavy atom. The fraction of sp³-hybridized carbons (Fsp3) is 0.467. The van der Waals surface area contributed by atoms with Gasteiger partial charge in [-0.25, -0.2) is 4.79 Å². The van der Waals surface area contributed by atoms with Crippen LogP contribution in [0.1, 0.15) is 32.6 Å². The number of likely N-dealkylation sites (N-methyl/N-ethyl adjacent to an activating group) is 1. The first-order valence-electron chi connectivity index (χ1n) is 7.19. The van der Waals surface area contributed by atoms with Gasteiger partial charge in [-0.3, -0.25) is 4.79 Å². The first kappa shape index (κ1) is 17.1. The fourth-order valence-electron chi connectivity index (χ4n) is 1.88. The highest BCUT2D eigenvalue weighted by Gasteiger charge is 2.34. The van der Waals surface area contributed by atoms with Crippen molar-refractivity contribution < 1.29 is 19.2 Å². The normalized spacial score (nSPS) is 11.4. The topological polar surface area (TPSA) is 96.5 Å². The zero-order valence-electron chi connectivity index (χ0n) is 13.3. The maximum atomic E-state index is 12.1. The van der Waals surface area contributed by atoms with Gasteiger partial charge in [-0.05, 0) is 31.7 Å². The largest absolute Gasteiger partial charge is 0.480 e. The third kappa shape index (κ3) is 3.95. The van der Waals surface area contributed by atoms with Gasteiger partial charge in [0.15, 0.2) is 0 Å². The minimum atomic E-state index is -1.23. The second-order valence-electron chi connectivity index (χ2n) is 5.66. The van der Waals surface area contributed by atoms with Crippen molar-refractivity contribution in [2.75, 3.05) is 7.05 Å². The molecule has 23 heavy (non-hydrogen) atoms. The lowest BCUT2D eigenvalue weighted by atomic mass is 10.0. The first-order chi connectivity index (χ1) is 10.8. The summed E-state index contributed by atoms with van der Waals surface area (Å²) >= 11 is 1.53. The summed E-state index contributed by atoms with van der Waals surface area (Å²) in [5.41, 5.74) is -1.23. The van der Waals surface area contributed by atoms with Gasteiger partial charge in [0, 0.05) is 19.9 Å². The van der Waals surface area contributed by atoms with Crippen LogP contribution in [0.25, 0.3) is 10.7 Å². The molecule has 0 fully saturated rings. The maximum Gasteiger partial charge on any atom is 0.329 e. The number of carboxylic acid groups (broad SMARTS) is 1. The molecule has 7 nitrogen and oxygen atoms in total. The molecule has 0 aliphatic carbocycles. The number of carbonyl (C=O) groups is 2. The SMILES string of the molecule is CN(C(=O)CCCc1nc(-c2cccs2)no1)C(C)(C)C(=O)O. The summed E-state index contributed by atoms with van der Waals surface area (Å²) in [6.45, 7) is 3.00. The van der Waals surface area contributed by atoms with Crippen molar-refractivity contribution in [1.29, 1.82) is 0 Å². The Labute approximate surface area is 137 Å². The molecule has 1 N–H and O–H groups in total. The lowest BCUT2D eigenvalue weighted by Crippen LogP contribution is -2.50. The molecule has 2 aromatic heterocycles. The van der Waals surface area contributed by atoms with Crippen LogP contribution in [0.15, 0.2) is 22.0 Å². The number of carboxylic acids is 1. The number of amides is 1. The molecule has 0 aliphatic rings. The van der Waals surface area contributed by atoms with Gasteiger partial charge in [0.2, 0.25) is 17.6 Å². The molecule has 0 aromatic carbocycles. The second kappa shape index (κ2) is 6.91. The minimum Gasteiger partial charge on any atom is -0.480 e. The highest BCUT2D eigenvalue weighted by Crippen LogP contribution is 2.22. The molecule has 2 rings (SSSR count). The summed E-state index contributed by atoms with van der Waals surface area (Å²) < 4.78 is 5.16. The summed E-state index contributed by atoms with van der Waals surface area (Å²) in [7, 11) is 1.50. The maximum absolute atomic E-state index is 12.1. The van der Waals surface area contributed by atoms with E-state index < -0.39 is 11.5 Å². The number of carbonyl (C=O) groups excluding carboxylic acids is 1. The van der Waals surface area contributed by atoms with Crippen LogP contribution < -0.4 is 0 Å². The van der Waals surface area contributed by atoms with Gasteiger partial charge in [-0.1, -0.05) is 11.2 Å². The summed E-state index contributed by atoms with van der Waals surface area (Å²) in [5, 5.41) is 15.0. The lowest BCUT2D eigenvalue weighted by molar-refractivity contribution is -0.155. The van der Waals surface area contributed by atoms with Crippen LogP contribution >= 0.6 is 11.3 Å². The molecule has 0 saturated heterocycles. The molecule has 0 radical (unpaired) electrons. The van der Waals surface area contributed by atoms with Crippen molar-refractivity contribution in [3.63, 3.8) is 0 Å². The van der Waals surface area contributed by atoms with E-state index in [1.165, 1.54) is 37.1 Å². The highest BCUT2D eigenvalue weighted by atomic mass is 32.1. The number of nitrogens with zero attached hydrogens (tertiary/aromatic N) is 3. The van der Waals surface area contributed by atoms with E-state index in [9.17, 15) is 9.59 Å². The third-order valence-electron chi connectivity index (χ3n) is 3.73. The minimum absolute atomic E-state index is 0.226. The van der Waals surface area contributed by atoms with Gasteiger partial charge >= 0.3 is 5.97 Å². The molecule has 8 heteroatoms. The van der Waals surface area contributed by atoms with Gasteiger partial charge < -0.3 is 14.5 Å². The van der Waals surface area contributed by atoms with Crippen LogP contribution in [0.3, 0.4) is 0 Å². The van der Waals surface area contributed by atoms with Crippen molar-refractivity contribution in [3.05, 3.63) is 23.4 Å². The van der Waals surface area contributed by atoms with Crippen molar-refractivity contribution >= 4 is 23.2 Å². The monoisotopic (exact) mass is 337 g/mol. The number of aryl methyl sites for hydroxylation is 1. The predicted octanol–water partition coefficient (Wildman–Crippen LogP) is 2.44. The lowest BCUT2D eigenvalue weighted by Gasteiger charge is -2.31. The van der Waals surface area contributed by atoms with Crippen LogP contribution in [0.4, 0.5) is 0 Å². The molecular formula is C15H19N3O4S. The van der Waals surface area contributed by atoms with E-state index in [1.807, 2.05) is 17.5 Å². The van der Waals surface area contributed by atoms with Crippen molar-refractivity contribution in [2.45, 2.75) is 38.6 Å². The van der Waals surface area contributed by atoms with Gasteiger partial charge in [0.05, 0.1) is 4.88 Å². The average Bonchev–Trinajstić information content (AvgIpc) is 3.16. The van der Waals surface area contributed by atoms with Gasteiger partial charge in [0.25, 0.3) is 0 Å². The van der Waals surface area contributed by atoms with Crippen LogP contribution in [-0.4, -0.2) is 44.6 Å². The van der Waals surface area contributed by atoms with E-state index in [0.29, 0.717) is 24.6 Å². The third-order valence-corrected chi connectivity index (χ3v) is 4.59. The van der Waals surface area contributed by atoms with E-state index in [1.54, 1.807) is 0 Å². The van der Waals surface area contributed by atoms with E-state index in [2.05, 4.69) is 10.1 Å². The number of hydrogen-bond acceptors (Lipinski definition) is 6. The summed E-state index contributed by atoms with van der Waals surface area (Å²) in [6.07, 6.45) is 1.22. The number of hydrogen-bond donors (Lipinski definition) is 1. The molecule has 0 saturated carbocycles.